The second-order valence-corrected chi connectivity index (χ2v) is 5.06. The molecule has 0 fully saturated rings. The normalized spacial score (nSPS) is 11.2. The molecule has 0 aromatic carbocycles. The van der Waals surface area contributed by atoms with Gasteiger partial charge in [-0.25, -0.2) is 17.5 Å². The van der Waals surface area contributed by atoms with Crippen LogP contribution in [0.1, 0.15) is 13.3 Å². The molecule has 0 radical (unpaired) electrons. The monoisotopic (exact) mass is 276 g/mol. The largest absolute Gasteiger partial charge is 0.466 e. The van der Waals surface area contributed by atoms with Crippen molar-refractivity contribution in [3.63, 3.8) is 0 Å². The molecule has 0 aliphatic carbocycles. The van der Waals surface area contributed by atoms with E-state index in [0.717, 1.165) is 18.5 Å². The van der Waals surface area contributed by atoms with Gasteiger partial charge in [-0.05, 0) is 13.0 Å². The quantitative estimate of drug-likeness (QED) is 0.763. The number of hydrogen-bond acceptors (Lipinski definition) is 5. The van der Waals surface area contributed by atoms with E-state index >= 15 is 0 Å². The lowest BCUT2D eigenvalue weighted by molar-refractivity contribution is -0.142. The Morgan fingerprint density at radius 1 is 1.50 bits per heavy atom. The molecule has 0 bridgehead atoms. The summed E-state index contributed by atoms with van der Waals surface area (Å²) in [5.41, 5.74) is 0. The lowest BCUT2D eigenvalue weighted by atomic mass is 10.4. The second kappa shape index (κ2) is 6.41. The molecule has 0 saturated carbocycles. The Hall–Kier alpha value is -1.54. The predicted molar refractivity (Wildman–Crippen MR) is 60.6 cm³/mol. The highest BCUT2D eigenvalue weighted by Gasteiger charge is 2.15. The summed E-state index contributed by atoms with van der Waals surface area (Å²) in [5.74, 6) is -1.25. The molecule has 1 aromatic rings. The molecule has 0 saturated heterocycles. The van der Waals surface area contributed by atoms with E-state index in [0.29, 0.717) is 0 Å². The maximum absolute atomic E-state index is 12.8. The van der Waals surface area contributed by atoms with E-state index in [-0.39, 0.29) is 24.5 Å². The van der Waals surface area contributed by atoms with Gasteiger partial charge in [0.2, 0.25) is 10.0 Å². The van der Waals surface area contributed by atoms with Crippen molar-refractivity contribution < 1.29 is 22.3 Å². The molecule has 8 heteroatoms. The average molecular weight is 276 g/mol. The van der Waals surface area contributed by atoms with Gasteiger partial charge in [0.1, 0.15) is 10.7 Å². The van der Waals surface area contributed by atoms with Crippen molar-refractivity contribution in [3.05, 3.63) is 24.3 Å². The fourth-order valence-electron chi connectivity index (χ4n) is 1.14. The summed E-state index contributed by atoms with van der Waals surface area (Å²) in [7, 11) is -3.85. The molecule has 0 atom stereocenters. The summed E-state index contributed by atoms with van der Waals surface area (Å²) in [6.45, 7) is 1.78. The van der Waals surface area contributed by atoms with Crippen molar-refractivity contribution in [2.24, 2.45) is 0 Å². The number of carbonyl (C=O) groups is 1. The number of sulfonamides is 1. The van der Waals surface area contributed by atoms with Crippen LogP contribution in [0.5, 0.6) is 0 Å². The lowest BCUT2D eigenvalue weighted by Gasteiger charge is -2.06. The topological polar surface area (TPSA) is 85.4 Å². The Morgan fingerprint density at radius 2 is 2.22 bits per heavy atom. The van der Waals surface area contributed by atoms with Crippen LogP contribution in [0.15, 0.2) is 23.4 Å². The first-order valence-corrected chi connectivity index (χ1v) is 6.70. The van der Waals surface area contributed by atoms with Gasteiger partial charge in [0.25, 0.3) is 0 Å². The third kappa shape index (κ3) is 4.38. The molecule has 18 heavy (non-hydrogen) atoms. The number of rotatable bonds is 6. The van der Waals surface area contributed by atoms with E-state index < -0.39 is 21.8 Å². The van der Waals surface area contributed by atoms with E-state index in [1.165, 1.54) is 0 Å². The number of halogens is 1. The maximum Gasteiger partial charge on any atom is 0.307 e. The number of esters is 1. The van der Waals surface area contributed by atoms with Crippen LogP contribution in [-0.2, 0) is 19.6 Å². The maximum atomic E-state index is 12.8. The molecule has 1 heterocycles. The van der Waals surface area contributed by atoms with Crippen LogP contribution >= 0.6 is 0 Å². The molecule has 0 amide bonds. The zero-order valence-corrected chi connectivity index (χ0v) is 10.5. The van der Waals surface area contributed by atoms with E-state index in [4.69, 9.17) is 0 Å². The van der Waals surface area contributed by atoms with Crippen LogP contribution in [0.4, 0.5) is 4.39 Å². The minimum Gasteiger partial charge on any atom is -0.466 e. The smallest absolute Gasteiger partial charge is 0.307 e. The van der Waals surface area contributed by atoms with Crippen LogP contribution in [0.25, 0.3) is 0 Å². The highest BCUT2D eigenvalue weighted by atomic mass is 32.2. The van der Waals surface area contributed by atoms with Gasteiger partial charge in [0.05, 0.1) is 19.2 Å². The summed E-state index contributed by atoms with van der Waals surface area (Å²) in [5, 5.41) is 0. The fourth-order valence-corrected chi connectivity index (χ4v) is 2.15. The van der Waals surface area contributed by atoms with E-state index in [1.54, 1.807) is 6.92 Å². The summed E-state index contributed by atoms with van der Waals surface area (Å²) in [4.78, 5) is 14.1. The molecule has 0 spiro atoms. The van der Waals surface area contributed by atoms with Crippen molar-refractivity contribution in [1.82, 2.24) is 9.71 Å². The second-order valence-electron chi connectivity index (χ2n) is 3.29. The van der Waals surface area contributed by atoms with E-state index in [9.17, 15) is 17.6 Å². The molecule has 0 unspecified atom stereocenters. The van der Waals surface area contributed by atoms with Gasteiger partial charge in [0, 0.05) is 12.7 Å². The first-order valence-electron chi connectivity index (χ1n) is 5.21. The summed E-state index contributed by atoms with van der Waals surface area (Å²) in [6.07, 6.45) is 1.84. The molecule has 6 nitrogen and oxygen atoms in total. The van der Waals surface area contributed by atoms with Gasteiger partial charge in [0.15, 0.2) is 0 Å². The number of nitrogens with one attached hydrogen (secondary N) is 1. The van der Waals surface area contributed by atoms with Crippen molar-refractivity contribution in [3.8, 4) is 0 Å². The zero-order valence-electron chi connectivity index (χ0n) is 9.72. The summed E-state index contributed by atoms with van der Waals surface area (Å²) >= 11 is 0. The van der Waals surface area contributed by atoms with Crippen LogP contribution in [0, 0.1) is 5.82 Å². The van der Waals surface area contributed by atoms with Crippen molar-refractivity contribution in [1.29, 1.82) is 0 Å². The first-order chi connectivity index (χ1) is 8.45. The van der Waals surface area contributed by atoms with Crippen LogP contribution in [0.2, 0.25) is 0 Å². The SMILES string of the molecule is CCOC(=O)CCNS(=O)(=O)c1cncc(F)c1. The number of hydrogen-bond donors (Lipinski definition) is 1. The van der Waals surface area contributed by atoms with Crippen LogP contribution in [0.3, 0.4) is 0 Å². The van der Waals surface area contributed by atoms with Gasteiger partial charge in [-0.1, -0.05) is 0 Å². The Bertz CT molecular complexity index is 518. The third-order valence-corrected chi connectivity index (χ3v) is 3.34. The Morgan fingerprint density at radius 3 is 2.83 bits per heavy atom. The number of nitrogens with zero attached hydrogens (tertiary/aromatic N) is 1. The highest BCUT2D eigenvalue weighted by molar-refractivity contribution is 7.89. The van der Waals surface area contributed by atoms with Crippen molar-refractivity contribution >= 4 is 16.0 Å². The van der Waals surface area contributed by atoms with Crippen LogP contribution in [-0.4, -0.2) is 32.5 Å². The fraction of sp³-hybridized carbons (Fsp3) is 0.400. The van der Waals surface area contributed by atoms with E-state index in [2.05, 4.69) is 14.4 Å². The lowest BCUT2D eigenvalue weighted by Crippen LogP contribution is -2.27. The Balaban J connectivity index is 2.58. The highest BCUT2D eigenvalue weighted by Crippen LogP contribution is 2.08. The van der Waals surface area contributed by atoms with Gasteiger partial charge >= 0.3 is 5.97 Å². The number of ether oxygens (including phenoxy) is 1. The Labute approximate surface area is 104 Å². The van der Waals surface area contributed by atoms with Crippen molar-refractivity contribution in [2.45, 2.75) is 18.2 Å². The van der Waals surface area contributed by atoms with E-state index in [1.807, 2.05) is 0 Å². The molecule has 0 aliphatic heterocycles. The van der Waals surface area contributed by atoms with Gasteiger partial charge in [-0.3, -0.25) is 9.78 Å². The molecule has 0 aliphatic rings. The first kappa shape index (κ1) is 14.5. The third-order valence-electron chi connectivity index (χ3n) is 1.92. The molecular weight excluding hydrogens is 263 g/mol. The minimum atomic E-state index is -3.85. The summed E-state index contributed by atoms with van der Waals surface area (Å²) < 4.78 is 42.9. The van der Waals surface area contributed by atoms with Gasteiger partial charge in [-0.2, -0.15) is 0 Å². The molecule has 1 rings (SSSR count). The summed E-state index contributed by atoms with van der Waals surface area (Å²) in [6, 6.07) is 0.847. The molecule has 1 aromatic heterocycles. The zero-order chi connectivity index (χ0) is 13.6. The van der Waals surface area contributed by atoms with Crippen molar-refractivity contribution in [2.75, 3.05) is 13.2 Å². The Kier molecular flexibility index (Phi) is 5.17. The number of carbonyl (C=O) groups excluding carboxylic acids is 1. The molecule has 1 N–H and O–H groups in total. The minimum absolute atomic E-state index is 0.0875. The molecular formula is C10H13FN2O4S. The number of pyridine rings is 1. The average Bonchev–Trinajstić information content (AvgIpc) is 2.29. The predicted octanol–water partition coefficient (Wildman–Crippen LogP) is 0.452. The number of aromatic nitrogens is 1. The van der Waals surface area contributed by atoms with Gasteiger partial charge in [-0.15, -0.1) is 0 Å². The standard InChI is InChI=1S/C10H13FN2O4S/c1-2-17-10(14)3-4-13-18(15,16)9-5-8(11)6-12-7-9/h5-7,13H,2-4H2,1H3. The molecule has 100 valence electrons. The van der Waals surface area contributed by atoms with Gasteiger partial charge < -0.3 is 4.74 Å². The van der Waals surface area contributed by atoms with Crippen LogP contribution < -0.4 is 4.72 Å².